The predicted octanol–water partition coefficient (Wildman–Crippen LogP) is 2.71. The summed E-state index contributed by atoms with van der Waals surface area (Å²) in [5.41, 5.74) is 6.48. The molecule has 1 rings (SSSR count). The van der Waals surface area contributed by atoms with Crippen molar-refractivity contribution < 1.29 is 13.2 Å². The molecular weight excluding hydrogens is 312 g/mol. The van der Waals surface area contributed by atoms with Gasteiger partial charge in [0.15, 0.2) is 9.84 Å². The molecule has 0 saturated heterocycles. The van der Waals surface area contributed by atoms with Gasteiger partial charge in [-0.05, 0) is 30.5 Å². The molecule has 0 bridgehead atoms. The zero-order chi connectivity index (χ0) is 16.0. The van der Waals surface area contributed by atoms with E-state index < -0.39 is 9.84 Å². The average molecular weight is 333 g/mol. The van der Waals surface area contributed by atoms with E-state index in [1.165, 1.54) is 6.07 Å². The fourth-order valence-corrected chi connectivity index (χ4v) is 3.38. The molecule has 0 spiro atoms. The summed E-state index contributed by atoms with van der Waals surface area (Å²) in [7, 11) is -3.19. The molecule has 3 N–H and O–H groups in total. The number of nitrogen functional groups attached to an aromatic ring is 1. The Bertz CT molecular complexity index is 600. The fraction of sp³-hybridized carbons (Fsp3) is 0.500. The van der Waals surface area contributed by atoms with Crippen molar-refractivity contribution in [2.45, 2.75) is 26.7 Å². The van der Waals surface area contributed by atoms with Crippen molar-refractivity contribution in [2.24, 2.45) is 5.92 Å². The van der Waals surface area contributed by atoms with Gasteiger partial charge in [-0.1, -0.05) is 25.4 Å². The Morgan fingerprint density at radius 3 is 2.57 bits per heavy atom. The van der Waals surface area contributed by atoms with Crippen LogP contribution in [0.2, 0.25) is 5.02 Å². The number of carbonyl (C=O) groups is 1. The van der Waals surface area contributed by atoms with E-state index in [0.717, 1.165) is 0 Å². The van der Waals surface area contributed by atoms with Crippen molar-refractivity contribution in [2.75, 3.05) is 22.6 Å². The van der Waals surface area contributed by atoms with Gasteiger partial charge >= 0.3 is 0 Å². The topological polar surface area (TPSA) is 89.3 Å². The van der Waals surface area contributed by atoms with Crippen molar-refractivity contribution in [1.29, 1.82) is 0 Å². The number of nitrogens with two attached hydrogens (primary N) is 1. The number of hydrogen-bond acceptors (Lipinski definition) is 4. The molecule has 5 nitrogen and oxygen atoms in total. The molecule has 1 aromatic carbocycles. The van der Waals surface area contributed by atoms with Crippen molar-refractivity contribution >= 4 is 38.7 Å². The fourth-order valence-electron chi connectivity index (χ4n) is 1.61. The van der Waals surface area contributed by atoms with E-state index in [-0.39, 0.29) is 23.8 Å². The summed E-state index contributed by atoms with van der Waals surface area (Å²) in [5.74, 6) is -0.101. The summed E-state index contributed by atoms with van der Waals surface area (Å²) in [5, 5.41) is 2.91. The van der Waals surface area contributed by atoms with Crippen molar-refractivity contribution in [3.63, 3.8) is 0 Å². The van der Waals surface area contributed by atoms with Gasteiger partial charge in [0.05, 0.1) is 22.2 Å². The highest BCUT2D eigenvalue weighted by Gasteiger charge is 2.15. The SMILES string of the molecule is CC(C)CCS(=O)(=O)CCC(=O)Nc1ccc(N)cc1Cl. The maximum Gasteiger partial charge on any atom is 0.225 e. The van der Waals surface area contributed by atoms with Crippen LogP contribution in [0.3, 0.4) is 0 Å². The lowest BCUT2D eigenvalue weighted by Crippen LogP contribution is -2.19. The zero-order valence-corrected chi connectivity index (χ0v) is 13.8. The molecule has 0 saturated carbocycles. The van der Waals surface area contributed by atoms with E-state index in [0.29, 0.717) is 28.7 Å². The molecular formula is C14H21ClN2O3S. The molecule has 0 aliphatic heterocycles. The largest absolute Gasteiger partial charge is 0.399 e. The number of rotatable bonds is 7. The highest BCUT2D eigenvalue weighted by molar-refractivity contribution is 7.91. The minimum atomic E-state index is -3.19. The number of amides is 1. The minimum absolute atomic E-state index is 0.0822. The molecule has 21 heavy (non-hydrogen) atoms. The Morgan fingerprint density at radius 2 is 2.00 bits per heavy atom. The Balaban J connectivity index is 2.51. The van der Waals surface area contributed by atoms with Crippen LogP contribution in [0.25, 0.3) is 0 Å². The van der Waals surface area contributed by atoms with Crippen molar-refractivity contribution in [3.8, 4) is 0 Å². The van der Waals surface area contributed by atoms with Gasteiger partial charge in [-0.3, -0.25) is 4.79 Å². The summed E-state index contributed by atoms with van der Waals surface area (Å²) in [6.45, 7) is 3.93. The average Bonchev–Trinajstić information content (AvgIpc) is 2.38. The van der Waals surface area contributed by atoms with Gasteiger partial charge in [-0.25, -0.2) is 8.42 Å². The van der Waals surface area contributed by atoms with Crippen LogP contribution in [0.1, 0.15) is 26.7 Å². The Labute approximate surface area is 130 Å². The third kappa shape index (κ3) is 6.82. The molecule has 0 aliphatic rings. The standard InChI is InChI=1S/C14H21ClN2O3S/c1-10(2)5-7-21(19,20)8-6-14(18)17-13-4-3-11(16)9-12(13)15/h3-4,9-10H,5-8,16H2,1-2H3,(H,17,18). The van der Waals surface area contributed by atoms with Crippen molar-refractivity contribution in [1.82, 2.24) is 0 Å². The first-order valence-corrected chi connectivity index (χ1v) is 8.95. The smallest absolute Gasteiger partial charge is 0.225 e. The van der Waals surface area contributed by atoms with Crippen LogP contribution in [0.15, 0.2) is 18.2 Å². The second-order valence-corrected chi connectivity index (χ2v) is 8.08. The zero-order valence-electron chi connectivity index (χ0n) is 12.2. The summed E-state index contributed by atoms with van der Waals surface area (Å²) >= 11 is 5.94. The lowest BCUT2D eigenvalue weighted by Gasteiger charge is -2.09. The Morgan fingerprint density at radius 1 is 1.33 bits per heavy atom. The van der Waals surface area contributed by atoms with Gasteiger partial charge in [0.2, 0.25) is 5.91 Å². The highest BCUT2D eigenvalue weighted by Crippen LogP contribution is 2.24. The third-order valence-corrected chi connectivity index (χ3v) is 4.91. The molecule has 1 amide bonds. The molecule has 1 aromatic rings. The van der Waals surface area contributed by atoms with E-state index in [9.17, 15) is 13.2 Å². The molecule has 0 aromatic heterocycles. The number of sulfone groups is 1. The molecule has 0 heterocycles. The Hall–Kier alpha value is -1.27. The minimum Gasteiger partial charge on any atom is -0.399 e. The summed E-state index contributed by atoms with van der Waals surface area (Å²) in [6.07, 6.45) is 0.523. The molecule has 7 heteroatoms. The summed E-state index contributed by atoms with van der Waals surface area (Å²) in [6, 6.07) is 4.72. The second kappa shape index (κ2) is 7.66. The number of carbonyl (C=O) groups excluding carboxylic acids is 1. The lowest BCUT2D eigenvalue weighted by molar-refractivity contribution is -0.115. The third-order valence-electron chi connectivity index (χ3n) is 2.91. The van der Waals surface area contributed by atoms with E-state index >= 15 is 0 Å². The first-order chi connectivity index (χ1) is 9.69. The normalized spacial score (nSPS) is 11.6. The van der Waals surface area contributed by atoms with Crippen LogP contribution >= 0.6 is 11.6 Å². The van der Waals surface area contributed by atoms with Crippen LogP contribution in [0, 0.1) is 5.92 Å². The second-order valence-electron chi connectivity index (χ2n) is 5.37. The number of hydrogen-bond donors (Lipinski definition) is 2. The highest BCUT2D eigenvalue weighted by atomic mass is 35.5. The van der Waals surface area contributed by atoms with Crippen LogP contribution < -0.4 is 11.1 Å². The molecule has 118 valence electrons. The first-order valence-electron chi connectivity index (χ1n) is 6.75. The summed E-state index contributed by atoms with van der Waals surface area (Å²) < 4.78 is 23.6. The summed E-state index contributed by atoms with van der Waals surface area (Å²) in [4.78, 5) is 11.8. The first kappa shape index (κ1) is 17.8. The van der Waals surface area contributed by atoms with Crippen LogP contribution in [0.4, 0.5) is 11.4 Å². The molecule has 0 fully saturated rings. The van der Waals surface area contributed by atoms with E-state index in [2.05, 4.69) is 5.32 Å². The van der Waals surface area contributed by atoms with Crippen LogP contribution in [0.5, 0.6) is 0 Å². The van der Waals surface area contributed by atoms with Gasteiger partial charge in [0, 0.05) is 12.1 Å². The Kier molecular flexibility index (Phi) is 6.48. The lowest BCUT2D eigenvalue weighted by atomic mass is 10.2. The number of anilines is 2. The maximum atomic E-state index is 11.8. The van der Waals surface area contributed by atoms with E-state index in [1.54, 1.807) is 12.1 Å². The molecule has 0 atom stereocenters. The molecule has 0 aliphatic carbocycles. The van der Waals surface area contributed by atoms with E-state index in [1.807, 2.05) is 13.8 Å². The van der Waals surface area contributed by atoms with Crippen molar-refractivity contribution in [3.05, 3.63) is 23.2 Å². The van der Waals surface area contributed by atoms with Gasteiger partial charge < -0.3 is 11.1 Å². The number of halogens is 1. The van der Waals surface area contributed by atoms with Gasteiger partial charge in [0.25, 0.3) is 0 Å². The van der Waals surface area contributed by atoms with Crippen LogP contribution in [-0.4, -0.2) is 25.8 Å². The molecule has 0 unspecified atom stereocenters. The quantitative estimate of drug-likeness (QED) is 0.751. The molecule has 0 radical (unpaired) electrons. The number of nitrogens with one attached hydrogen (secondary N) is 1. The maximum absolute atomic E-state index is 11.8. The van der Waals surface area contributed by atoms with Gasteiger partial charge in [0.1, 0.15) is 0 Å². The monoisotopic (exact) mass is 332 g/mol. The number of benzene rings is 1. The van der Waals surface area contributed by atoms with E-state index in [4.69, 9.17) is 17.3 Å². The van der Waals surface area contributed by atoms with Gasteiger partial charge in [-0.15, -0.1) is 0 Å². The predicted molar refractivity (Wildman–Crippen MR) is 87.2 cm³/mol. The van der Waals surface area contributed by atoms with Gasteiger partial charge in [-0.2, -0.15) is 0 Å². The van der Waals surface area contributed by atoms with Crippen LogP contribution in [-0.2, 0) is 14.6 Å².